The van der Waals surface area contributed by atoms with Gasteiger partial charge in [-0.1, -0.05) is 73.3 Å². The van der Waals surface area contributed by atoms with Crippen LogP contribution in [0.5, 0.6) is 0 Å². The van der Waals surface area contributed by atoms with E-state index in [4.69, 9.17) is 4.98 Å². The molecule has 0 aliphatic rings. The summed E-state index contributed by atoms with van der Waals surface area (Å²) in [5, 5.41) is 0. The van der Waals surface area contributed by atoms with Crippen LogP contribution in [0.4, 0.5) is 0 Å². The van der Waals surface area contributed by atoms with E-state index in [0.29, 0.717) is 0 Å². The van der Waals surface area contributed by atoms with Crippen LogP contribution in [-0.4, -0.2) is 9.38 Å². The molecule has 2 aromatic carbocycles. The first-order valence-corrected chi connectivity index (χ1v) is 7.62. The topological polar surface area (TPSA) is 17.3 Å². The Labute approximate surface area is 135 Å². The van der Waals surface area contributed by atoms with Gasteiger partial charge in [-0.15, -0.1) is 0 Å². The van der Waals surface area contributed by atoms with E-state index < -0.39 is 0 Å². The molecule has 2 aromatic heterocycles. The highest BCUT2D eigenvalue weighted by Crippen LogP contribution is 2.32. The second-order valence-electron chi connectivity index (χ2n) is 5.43. The molecule has 0 saturated heterocycles. The molecular formula is C21H16N2. The summed E-state index contributed by atoms with van der Waals surface area (Å²) in [4.78, 5) is 4.88. The minimum atomic E-state index is 0.931. The van der Waals surface area contributed by atoms with Crippen molar-refractivity contribution >= 4 is 11.7 Å². The van der Waals surface area contributed by atoms with Crippen molar-refractivity contribution in [3.05, 3.63) is 91.1 Å². The van der Waals surface area contributed by atoms with Crippen LogP contribution >= 0.6 is 0 Å². The lowest BCUT2D eigenvalue weighted by atomic mass is 10.1. The van der Waals surface area contributed by atoms with Gasteiger partial charge in [-0.05, 0) is 17.7 Å². The molecule has 23 heavy (non-hydrogen) atoms. The van der Waals surface area contributed by atoms with E-state index >= 15 is 0 Å². The SMILES string of the molecule is C=Cc1ccn2c(-c3ccccc3)c(-c3ccccc3)nc2c1. The second-order valence-corrected chi connectivity index (χ2v) is 5.43. The van der Waals surface area contributed by atoms with Gasteiger partial charge >= 0.3 is 0 Å². The predicted octanol–water partition coefficient (Wildman–Crippen LogP) is 5.31. The lowest BCUT2D eigenvalue weighted by Crippen LogP contribution is -1.89. The minimum absolute atomic E-state index is 0.931. The molecule has 2 heterocycles. The Morgan fingerprint density at radius 3 is 2.13 bits per heavy atom. The average Bonchev–Trinajstić information content (AvgIpc) is 3.01. The number of hydrogen-bond donors (Lipinski definition) is 0. The van der Waals surface area contributed by atoms with Gasteiger partial charge in [0.05, 0.1) is 11.4 Å². The van der Waals surface area contributed by atoms with Crippen LogP contribution in [0.2, 0.25) is 0 Å². The van der Waals surface area contributed by atoms with Crippen LogP contribution in [0.3, 0.4) is 0 Å². The summed E-state index contributed by atoms with van der Waals surface area (Å²) < 4.78 is 2.14. The van der Waals surface area contributed by atoms with E-state index in [1.807, 2.05) is 30.3 Å². The molecule has 4 aromatic rings. The summed E-state index contributed by atoms with van der Waals surface area (Å²) in [6, 6.07) is 24.8. The summed E-state index contributed by atoms with van der Waals surface area (Å²) in [5.41, 5.74) is 6.39. The van der Waals surface area contributed by atoms with Crippen LogP contribution in [0.15, 0.2) is 85.6 Å². The van der Waals surface area contributed by atoms with Crippen LogP contribution in [0, 0.1) is 0 Å². The monoisotopic (exact) mass is 296 g/mol. The summed E-state index contributed by atoms with van der Waals surface area (Å²) in [6.45, 7) is 3.85. The van der Waals surface area contributed by atoms with Gasteiger partial charge in [0.25, 0.3) is 0 Å². The molecule has 0 saturated carbocycles. The second kappa shape index (κ2) is 5.58. The van der Waals surface area contributed by atoms with Gasteiger partial charge in [0.15, 0.2) is 0 Å². The number of hydrogen-bond acceptors (Lipinski definition) is 1. The molecule has 4 rings (SSSR count). The number of pyridine rings is 1. The molecule has 2 nitrogen and oxygen atoms in total. The molecule has 0 radical (unpaired) electrons. The first-order valence-electron chi connectivity index (χ1n) is 7.62. The normalized spacial score (nSPS) is 10.8. The minimum Gasteiger partial charge on any atom is -0.299 e. The van der Waals surface area contributed by atoms with Crippen molar-refractivity contribution in [2.45, 2.75) is 0 Å². The molecule has 0 spiro atoms. The molecule has 0 amide bonds. The van der Waals surface area contributed by atoms with Crippen molar-refractivity contribution in [1.82, 2.24) is 9.38 Å². The molecule has 0 N–H and O–H groups in total. The van der Waals surface area contributed by atoms with E-state index in [-0.39, 0.29) is 0 Å². The maximum atomic E-state index is 4.88. The summed E-state index contributed by atoms with van der Waals surface area (Å²) >= 11 is 0. The van der Waals surface area contributed by atoms with Gasteiger partial charge in [0.2, 0.25) is 0 Å². The van der Waals surface area contributed by atoms with Crippen LogP contribution in [-0.2, 0) is 0 Å². The molecule has 0 unspecified atom stereocenters. The largest absolute Gasteiger partial charge is 0.299 e. The molecule has 0 aliphatic heterocycles. The summed E-state index contributed by atoms with van der Waals surface area (Å²) in [7, 11) is 0. The Bertz CT molecular complexity index is 967. The fraction of sp³-hybridized carbons (Fsp3) is 0. The van der Waals surface area contributed by atoms with E-state index in [1.54, 1.807) is 0 Å². The highest BCUT2D eigenvalue weighted by molar-refractivity contribution is 5.82. The predicted molar refractivity (Wildman–Crippen MR) is 96.2 cm³/mol. The number of fused-ring (bicyclic) bond motifs is 1. The molecule has 0 atom stereocenters. The van der Waals surface area contributed by atoms with Gasteiger partial charge < -0.3 is 0 Å². The van der Waals surface area contributed by atoms with Gasteiger partial charge in [-0.25, -0.2) is 4.98 Å². The molecule has 0 fully saturated rings. The fourth-order valence-electron chi connectivity index (χ4n) is 2.86. The number of rotatable bonds is 3. The Hall–Kier alpha value is -3.13. The maximum Gasteiger partial charge on any atom is 0.138 e. The molecular weight excluding hydrogens is 280 g/mol. The Morgan fingerprint density at radius 2 is 1.48 bits per heavy atom. The van der Waals surface area contributed by atoms with Crippen LogP contribution in [0.25, 0.3) is 34.2 Å². The number of benzene rings is 2. The third-order valence-electron chi connectivity index (χ3n) is 3.98. The zero-order valence-corrected chi connectivity index (χ0v) is 12.7. The zero-order valence-electron chi connectivity index (χ0n) is 12.7. The van der Waals surface area contributed by atoms with Crippen molar-refractivity contribution < 1.29 is 0 Å². The van der Waals surface area contributed by atoms with Crippen molar-refractivity contribution in [3.8, 4) is 22.5 Å². The highest BCUT2D eigenvalue weighted by Gasteiger charge is 2.15. The highest BCUT2D eigenvalue weighted by atomic mass is 15.0. The number of aromatic nitrogens is 2. The van der Waals surface area contributed by atoms with Crippen molar-refractivity contribution in [2.75, 3.05) is 0 Å². The van der Waals surface area contributed by atoms with Crippen LogP contribution < -0.4 is 0 Å². The Balaban J connectivity index is 2.06. The Morgan fingerprint density at radius 1 is 0.826 bits per heavy atom. The Kier molecular flexibility index (Phi) is 3.28. The maximum absolute atomic E-state index is 4.88. The van der Waals surface area contributed by atoms with Crippen molar-refractivity contribution in [2.24, 2.45) is 0 Å². The van der Waals surface area contributed by atoms with Gasteiger partial charge in [-0.3, -0.25) is 4.40 Å². The molecule has 2 heteroatoms. The van der Waals surface area contributed by atoms with Gasteiger partial charge in [-0.2, -0.15) is 0 Å². The standard InChI is InChI=1S/C21H16N2/c1-2-16-13-14-23-19(15-16)22-20(17-9-5-3-6-10-17)21(23)18-11-7-4-8-12-18/h2-15H,1H2. The first-order chi connectivity index (χ1) is 11.4. The van der Waals surface area contributed by atoms with Crippen LogP contribution in [0.1, 0.15) is 5.56 Å². The lowest BCUT2D eigenvalue weighted by molar-refractivity contribution is 1.19. The summed E-state index contributed by atoms with van der Waals surface area (Å²) in [5.74, 6) is 0. The van der Waals surface area contributed by atoms with E-state index in [1.165, 1.54) is 0 Å². The number of imidazole rings is 1. The van der Waals surface area contributed by atoms with Gasteiger partial charge in [0.1, 0.15) is 5.65 Å². The average molecular weight is 296 g/mol. The third-order valence-corrected chi connectivity index (χ3v) is 3.98. The first kappa shape index (κ1) is 13.5. The lowest BCUT2D eigenvalue weighted by Gasteiger charge is -2.06. The number of nitrogens with zero attached hydrogens (tertiary/aromatic N) is 2. The smallest absolute Gasteiger partial charge is 0.138 e. The zero-order chi connectivity index (χ0) is 15.6. The molecule has 110 valence electrons. The van der Waals surface area contributed by atoms with E-state index in [2.05, 4.69) is 65.7 Å². The van der Waals surface area contributed by atoms with E-state index in [0.717, 1.165) is 33.7 Å². The summed E-state index contributed by atoms with van der Waals surface area (Å²) in [6.07, 6.45) is 3.91. The quantitative estimate of drug-likeness (QED) is 0.500. The van der Waals surface area contributed by atoms with Crippen molar-refractivity contribution in [1.29, 1.82) is 0 Å². The van der Waals surface area contributed by atoms with Gasteiger partial charge in [0, 0.05) is 17.3 Å². The third kappa shape index (κ3) is 2.34. The molecule has 0 aliphatic carbocycles. The van der Waals surface area contributed by atoms with E-state index in [9.17, 15) is 0 Å². The fourth-order valence-corrected chi connectivity index (χ4v) is 2.86. The molecule has 0 bridgehead atoms. The van der Waals surface area contributed by atoms with Crippen molar-refractivity contribution in [3.63, 3.8) is 0 Å².